The molecule has 0 aliphatic carbocycles. The lowest BCUT2D eigenvalue weighted by atomic mass is 10.0. The topological polar surface area (TPSA) is 81.8 Å². The number of ether oxygens (including phenoxy) is 2. The molecule has 2 heterocycles. The molecule has 5 aromatic rings. The molecule has 3 aromatic carbocycles. The number of pyridine rings is 1. The predicted octanol–water partition coefficient (Wildman–Crippen LogP) is 7.70. The Morgan fingerprint density at radius 3 is 2.41 bits per heavy atom. The van der Waals surface area contributed by atoms with Crippen LogP contribution in [0.4, 0.5) is 8.78 Å². The molecule has 0 saturated heterocycles. The molecule has 0 spiro atoms. The van der Waals surface area contributed by atoms with Crippen molar-refractivity contribution in [1.29, 1.82) is 0 Å². The molecule has 188 valence electrons. The molecule has 2 aromatic heterocycles. The molecule has 0 amide bonds. The molecule has 8 heteroatoms. The number of rotatable bonds is 7. The van der Waals surface area contributed by atoms with Crippen LogP contribution in [0.5, 0.6) is 11.5 Å². The second kappa shape index (κ2) is 9.54. The third kappa shape index (κ3) is 4.58. The van der Waals surface area contributed by atoms with Crippen molar-refractivity contribution in [1.82, 2.24) is 4.98 Å². The number of hydrogen-bond donors (Lipinski definition) is 1. The maximum absolute atomic E-state index is 12.5. The van der Waals surface area contributed by atoms with Crippen LogP contribution in [-0.4, -0.2) is 22.7 Å². The van der Waals surface area contributed by atoms with Crippen molar-refractivity contribution in [3.05, 3.63) is 89.0 Å². The molecular weight excluding hydrogens is 480 g/mol. The Morgan fingerprint density at radius 1 is 1.00 bits per heavy atom. The summed E-state index contributed by atoms with van der Waals surface area (Å²) in [5, 5.41) is 11.4. The van der Waals surface area contributed by atoms with Crippen molar-refractivity contribution in [2.24, 2.45) is 0 Å². The molecule has 0 radical (unpaired) electrons. The van der Waals surface area contributed by atoms with E-state index < -0.39 is 18.7 Å². The summed E-state index contributed by atoms with van der Waals surface area (Å²) < 4.78 is 41.5. The monoisotopic (exact) mass is 503 g/mol. The Balaban J connectivity index is 1.59. The number of halogens is 2. The van der Waals surface area contributed by atoms with Gasteiger partial charge >= 0.3 is 12.6 Å². The number of para-hydroxylation sites is 1. The van der Waals surface area contributed by atoms with E-state index in [1.54, 1.807) is 25.1 Å². The Labute approximate surface area is 211 Å². The van der Waals surface area contributed by atoms with E-state index in [0.717, 1.165) is 16.5 Å². The van der Waals surface area contributed by atoms with Crippen molar-refractivity contribution in [2.45, 2.75) is 33.5 Å². The number of carboxylic acids is 1. The van der Waals surface area contributed by atoms with Crippen LogP contribution in [0.3, 0.4) is 0 Å². The molecule has 37 heavy (non-hydrogen) atoms. The number of hydrogen-bond acceptors (Lipinski definition) is 5. The summed E-state index contributed by atoms with van der Waals surface area (Å²) in [6, 6.07) is 18.7. The number of nitrogens with zero attached hydrogens (tertiary/aromatic N) is 1. The van der Waals surface area contributed by atoms with Gasteiger partial charge in [0.1, 0.15) is 28.9 Å². The van der Waals surface area contributed by atoms with Crippen molar-refractivity contribution < 1.29 is 32.6 Å². The fourth-order valence-corrected chi connectivity index (χ4v) is 4.42. The van der Waals surface area contributed by atoms with Crippen LogP contribution in [0.2, 0.25) is 0 Å². The number of aromatic carboxylic acids is 1. The van der Waals surface area contributed by atoms with E-state index in [2.05, 4.69) is 4.74 Å². The first-order valence-corrected chi connectivity index (χ1v) is 11.6. The summed E-state index contributed by atoms with van der Waals surface area (Å²) in [5.41, 5.74) is 3.99. The third-order valence-electron chi connectivity index (χ3n) is 6.31. The highest BCUT2D eigenvalue weighted by molar-refractivity contribution is 6.07. The van der Waals surface area contributed by atoms with Gasteiger partial charge in [-0.15, -0.1) is 0 Å². The Kier molecular flexibility index (Phi) is 6.25. The highest BCUT2D eigenvalue weighted by atomic mass is 19.3. The molecular formula is C29H23F2NO5. The fourth-order valence-electron chi connectivity index (χ4n) is 4.42. The molecule has 0 bridgehead atoms. The van der Waals surface area contributed by atoms with Gasteiger partial charge in [-0.3, -0.25) is 0 Å². The Bertz CT molecular complexity index is 1630. The number of carboxylic acid groups (broad SMARTS) is 1. The minimum atomic E-state index is -2.91. The predicted molar refractivity (Wildman–Crippen MR) is 136 cm³/mol. The number of carbonyl (C=O) groups is 1. The number of aromatic nitrogens is 1. The zero-order chi connectivity index (χ0) is 26.3. The van der Waals surface area contributed by atoms with E-state index in [4.69, 9.17) is 14.1 Å². The number of furan rings is 1. The van der Waals surface area contributed by atoms with E-state index in [9.17, 15) is 18.7 Å². The van der Waals surface area contributed by atoms with Gasteiger partial charge in [0.2, 0.25) is 0 Å². The number of benzene rings is 3. The van der Waals surface area contributed by atoms with Crippen LogP contribution in [0.1, 0.15) is 40.1 Å². The lowest BCUT2D eigenvalue weighted by molar-refractivity contribution is -0.0498. The van der Waals surface area contributed by atoms with Gasteiger partial charge in [-0.05, 0) is 62.2 Å². The molecule has 0 saturated carbocycles. The summed E-state index contributed by atoms with van der Waals surface area (Å²) in [4.78, 5) is 17.2. The van der Waals surface area contributed by atoms with Gasteiger partial charge in [-0.1, -0.05) is 36.4 Å². The largest absolute Gasteiger partial charge is 0.485 e. The number of aryl methyl sites for hydroxylation is 2. The lowest BCUT2D eigenvalue weighted by Gasteiger charge is -2.19. The first-order chi connectivity index (χ1) is 17.7. The smallest absolute Gasteiger partial charge is 0.387 e. The maximum atomic E-state index is 12.5. The van der Waals surface area contributed by atoms with E-state index in [1.807, 2.05) is 44.2 Å². The highest BCUT2D eigenvalue weighted by Crippen LogP contribution is 2.38. The summed E-state index contributed by atoms with van der Waals surface area (Å²) in [7, 11) is 0. The van der Waals surface area contributed by atoms with Crippen LogP contribution in [0.25, 0.3) is 33.3 Å². The SMILES string of the molecule is Cc1c(-c2cc(C(=O)O)c3c(O[C@@H](C)c4ccc(OC(F)F)cc4)ccc(C)c3n2)oc2ccccc12. The molecule has 1 atom stereocenters. The second-order valence-corrected chi connectivity index (χ2v) is 8.72. The first kappa shape index (κ1) is 24.2. The van der Waals surface area contributed by atoms with Gasteiger partial charge < -0.3 is 19.0 Å². The normalized spacial score (nSPS) is 12.3. The third-order valence-corrected chi connectivity index (χ3v) is 6.31. The summed E-state index contributed by atoms with van der Waals surface area (Å²) in [6.45, 7) is 2.65. The quantitative estimate of drug-likeness (QED) is 0.245. The standard InChI is InChI=1S/C29H23F2NO5/c1-15-8-13-24(35-17(3)18-9-11-19(12-10-18)36-29(30)31)25-21(28(33)34)14-22(32-26(15)25)27-16(2)20-6-4-5-7-23(20)37-27/h4-14,17,29H,1-3H3,(H,33,34)/t17-/m0/s1. The van der Waals surface area contributed by atoms with Gasteiger partial charge in [0.05, 0.1) is 16.5 Å². The van der Waals surface area contributed by atoms with E-state index in [-0.39, 0.29) is 11.3 Å². The van der Waals surface area contributed by atoms with Gasteiger partial charge in [0.15, 0.2) is 5.76 Å². The van der Waals surface area contributed by atoms with Crippen molar-refractivity contribution in [3.8, 4) is 23.0 Å². The zero-order valence-electron chi connectivity index (χ0n) is 20.3. The minimum Gasteiger partial charge on any atom is -0.485 e. The number of alkyl halides is 2. The molecule has 6 nitrogen and oxygen atoms in total. The van der Waals surface area contributed by atoms with Crippen molar-refractivity contribution >= 4 is 27.8 Å². The van der Waals surface area contributed by atoms with Crippen molar-refractivity contribution in [2.75, 3.05) is 0 Å². The molecule has 0 fully saturated rings. The number of fused-ring (bicyclic) bond motifs is 2. The van der Waals surface area contributed by atoms with Crippen LogP contribution >= 0.6 is 0 Å². The average Bonchev–Trinajstić information content (AvgIpc) is 3.21. The Hall–Kier alpha value is -4.46. The van der Waals surface area contributed by atoms with Gasteiger partial charge in [0, 0.05) is 10.9 Å². The van der Waals surface area contributed by atoms with Crippen LogP contribution < -0.4 is 9.47 Å². The van der Waals surface area contributed by atoms with Gasteiger partial charge in [-0.2, -0.15) is 8.78 Å². The molecule has 0 aliphatic heterocycles. The fraction of sp³-hybridized carbons (Fsp3) is 0.172. The average molecular weight is 504 g/mol. The van der Waals surface area contributed by atoms with Gasteiger partial charge in [-0.25, -0.2) is 9.78 Å². The highest BCUT2D eigenvalue weighted by Gasteiger charge is 2.22. The van der Waals surface area contributed by atoms with Crippen molar-refractivity contribution in [3.63, 3.8) is 0 Å². The first-order valence-electron chi connectivity index (χ1n) is 11.6. The molecule has 1 N–H and O–H groups in total. The second-order valence-electron chi connectivity index (χ2n) is 8.72. The summed E-state index contributed by atoms with van der Waals surface area (Å²) in [6.07, 6.45) is -0.509. The van der Waals surface area contributed by atoms with Crippen LogP contribution in [-0.2, 0) is 0 Å². The molecule has 0 unspecified atom stereocenters. The summed E-state index contributed by atoms with van der Waals surface area (Å²) in [5.74, 6) is -0.230. The Morgan fingerprint density at radius 2 is 1.73 bits per heavy atom. The van der Waals surface area contributed by atoms with Crippen LogP contribution in [0.15, 0.2) is 71.1 Å². The summed E-state index contributed by atoms with van der Waals surface area (Å²) >= 11 is 0. The minimum absolute atomic E-state index is 0.0337. The molecule has 0 aliphatic rings. The van der Waals surface area contributed by atoms with Gasteiger partial charge in [0.25, 0.3) is 0 Å². The maximum Gasteiger partial charge on any atom is 0.387 e. The van der Waals surface area contributed by atoms with E-state index in [0.29, 0.717) is 39.3 Å². The lowest BCUT2D eigenvalue weighted by Crippen LogP contribution is -2.07. The van der Waals surface area contributed by atoms with E-state index in [1.165, 1.54) is 18.2 Å². The zero-order valence-corrected chi connectivity index (χ0v) is 20.3. The van der Waals surface area contributed by atoms with E-state index >= 15 is 0 Å². The molecule has 5 rings (SSSR count). The van der Waals surface area contributed by atoms with Crippen LogP contribution in [0, 0.1) is 13.8 Å².